The van der Waals surface area contributed by atoms with Gasteiger partial charge in [0.1, 0.15) is 0 Å². The number of amides is 1. The van der Waals surface area contributed by atoms with Crippen LogP contribution in [0.4, 0.5) is 0 Å². The fourth-order valence-corrected chi connectivity index (χ4v) is 2.08. The molecule has 3 rings (SSSR count). The van der Waals surface area contributed by atoms with Gasteiger partial charge in [-0.15, -0.1) is 5.10 Å². The second kappa shape index (κ2) is 7.47. The molecule has 0 bridgehead atoms. The van der Waals surface area contributed by atoms with Gasteiger partial charge in [-0.1, -0.05) is 28.6 Å². The van der Waals surface area contributed by atoms with E-state index in [0.29, 0.717) is 37.8 Å². The Bertz CT molecular complexity index is 797. The molecule has 0 atom stereocenters. The molecule has 0 spiro atoms. The maximum Gasteiger partial charge on any atom is 0.273 e. The fourth-order valence-electron chi connectivity index (χ4n) is 2.08. The molecule has 2 heterocycles. The van der Waals surface area contributed by atoms with Crippen molar-refractivity contribution in [3.05, 3.63) is 48.0 Å². The Morgan fingerprint density at radius 2 is 2.12 bits per heavy atom. The lowest BCUT2D eigenvalue weighted by atomic mass is 10.2. The van der Waals surface area contributed by atoms with Gasteiger partial charge in [-0.2, -0.15) is 4.98 Å². The van der Waals surface area contributed by atoms with Crippen molar-refractivity contribution in [2.75, 3.05) is 13.1 Å². The fraction of sp³-hybridized carbons (Fsp3) is 0.267. The van der Waals surface area contributed by atoms with Gasteiger partial charge < -0.3 is 15.6 Å². The second-order valence-corrected chi connectivity index (χ2v) is 5.04. The number of hydrogen-bond acceptors (Lipinski definition) is 7. The number of hydrogen-bond donors (Lipinski definition) is 2. The summed E-state index contributed by atoms with van der Waals surface area (Å²) in [5, 5.41) is 14.3. The van der Waals surface area contributed by atoms with E-state index in [1.807, 2.05) is 30.3 Å². The molecule has 3 aromatic rings. The van der Waals surface area contributed by atoms with E-state index in [9.17, 15) is 4.79 Å². The van der Waals surface area contributed by atoms with E-state index in [1.54, 1.807) is 6.20 Å². The maximum atomic E-state index is 12.0. The third-order valence-corrected chi connectivity index (χ3v) is 3.25. The Morgan fingerprint density at radius 1 is 1.29 bits per heavy atom. The zero-order chi connectivity index (χ0) is 16.8. The van der Waals surface area contributed by atoms with Crippen molar-refractivity contribution in [3.8, 4) is 11.5 Å². The lowest BCUT2D eigenvalue weighted by Crippen LogP contribution is -2.26. The SMILES string of the molecule is NCCn1cc(C(=O)NCCc2noc(-c3ccccc3)n2)nn1. The summed E-state index contributed by atoms with van der Waals surface area (Å²) in [6.45, 7) is 1.33. The number of nitrogens with one attached hydrogen (secondary N) is 1. The molecule has 0 aliphatic carbocycles. The maximum absolute atomic E-state index is 12.0. The highest BCUT2D eigenvalue weighted by Gasteiger charge is 2.12. The molecule has 24 heavy (non-hydrogen) atoms. The van der Waals surface area contributed by atoms with Crippen molar-refractivity contribution in [1.29, 1.82) is 0 Å². The van der Waals surface area contributed by atoms with Crippen LogP contribution in [-0.2, 0) is 13.0 Å². The largest absolute Gasteiger partial charge is 0.350 e. The molecule has 0 fully saturated rings. The summed E-state index contributed by atoms with van der Waals surface area (Å²) in [5.41, 5.74) is 6.53. The molecular weight excluding hydrogens is 310 g/mol. The molecule has 0 aliphatic rings. The average Bonchev–Trinajstić information content (AvgIpc) is 3.26. The highest BCUT2D eigenvalue weighted by molar-refractivity contribution is 5.91. The highest BCUT2D eigenvalue weighted by atomic mass is 16.5. The van der Waals surface area contributed by atoms with Gasteiger partial charge in [0.15, 0.2) is 11.5 Å². The normalized spacial score (nSPS) is 10.7. The number of benzene rings is 1. The first-order chi connectivity index (χ1) is 11.8. The lowest BCUT2D eigenvalue weighted by molar-refractivity contribution is 0.0949. The van der Waals surface area contributed by atoms with Crippen LogP contribution in [0.25, 0.3) is 11.5 Å². The first-order valence-corrected chi connectivity index (χ1v) is 7.52. The van der Waals surface area contributed by atoms with Crippen LogP contribution in [0, 0.1) is 0 Å². The van der Waals surface area contributed by atoms with E-state index >= 15 is 0 Å². The summed E-state index contributed by atoms with van der Waals surface area (Å²) in [6, 6.07) is 9.50. The Kier molecular flexibility index (Phi) is 4.92. The summed E-state index contributed by atoms with van der Waals surface area (Å²) in [7, 11) is 0. The summed E-state index contributed by atoms with van der Waals surface area (Å²) < 4.78 is 6.74. The molecule has 1 aromatic carbocycles. The van der Waals surface area contributed by atoms with Gasteiger partial charge >= 0.3 is 0 Å². The van der Waals surface area contributed by atoms with Gasteiger partial charge in [0.2, 0.25) is 0 Å². The molecule has 9 heteroatoms. The van der Waals surface area contributed by atoms with Gasteiger partial charge in [0, 0.05) is 25.1 Å². The van der Waals surface area contributed by atoms with Crippen LogP contribution in [-0.4, -0.2) is 44.1 Å². The third kappa shape index (κ3) is 3.82. The predicted octanol–water partition coefficient (Wildman–Crippen LogP) is 0.259. The molecule has 0 aliphatic heterocycles. The number of rotatable bonds is 7. The molecule has 3 N–H and O–H groups in total. The van der Waals surface area contributed by atoms with Crippen molar-refractivity contribution in [1.82, 2.24) is 30.5 Å². The van der Waals surface area contributed by atoms with Gasteiger partial charge in [0.25, 0.3) is 11.8 Å². The van der Waals surface area contributed by atoms with E-state index in [-0.39, 0.29) is 11.6 Å². The van der Waals surface area contributed by atoms with Crippen LogP contribution in [0.3, 0.4) is 0 Å². The van der Waals surface area contributed by atoms with Crippen LogP contribution in [0.15, 0.2) is 41.1 Å². The average molecular weight is 327 g/mol. The van der Waals surface area contributed by atoms with E-state index in [4.69, 9.17) is 10.3 Å². The van der Waals surface area contributed by atoms with Gasteiger partial charge in [-0.3, -0.25) is 9.48 Å². The number of aromatic nitrogens is 5. The minimum absolute atomic E-state index is 0.251. The van der Waals surface area contributed by atoms with Crippen LogP contribution in [0.5, 0.6) is 0 Å². The predicted molar refractivity (Wildman–Crippen MR) is 84.8 cm³/mol. The summed E-state index contributed by atoms with van der Waals surface area (Å²) in [6.07, 6.45) is 2.02. The Hall–Kier alpha value is -3.07. The van der Waals surface area contributed by atoms with Crippen LogP contribution in [0.1, 0.15) is 16.3 Å². The molecule has 1 amide bonds. The Morgan fingerprint density at radius 3 is 2.92 bits per heavy atom. The van der Waals surface area contributed by atoms with E-state index in [0.717, 1.165) is 5.56 Å². The number of nitrogens with zero attached hydrogens (tertiary/aromatic N) is 5. The highest BCUT2D eigenvalue weighted by Crippen LogP contribution is 2.15. The topological polar surface area (TPSA) is 125 Å². The zero-order valence-electron chi connectivity index (χ0n) is 12.9. The van der Waals surface area contributed by atoms with Crippen molar-refractivity contribution in [3.63, 3.8) is 0 Å². The summed E-state index contributed by atoms with van der Waals surface area (Å²) in [5.74, 6) is 0.688. The molecule has 0 radical (unpaired) electrons. The first-order valence-electron chi connectivity index (χ1n) is 7.52. The lowest BCUT2D eigenvalue weighted by Gasteiger charge is -1.99. The van der Waals surface area contributed by atoms with Crippen LogP contribution < -0.4 is 11.1 Å². The quantitative estimate of drug-likeness (QED) is 0.637. The minimum atomic E-state index is -0.301. The van der Waals surface area contributed by atoms with Crippen molar-refractivity contribution in [2.45, 2.75) is 13.0 Å². The summed E-state index contributed by atoms with van der Waals surface area (Å²) >= 11 is 0. The zero-order valence-corrected chi connectivity index (χ0v) is 12.9. The molecule has 0 saturated heterocycles. The smallest absolute Gasteiger partial charge is 0.273 e. The van der Waals surface area contributed by atoms with E-state index in [1.165, 1.54) is 4.68 Å². The van der Waals surface area contributed by atoms with Gasteiger partial charge in [0.05, 0.1) is 12.7 Å². The molecule has 0 saturated carbocycles. The van der Waals surface area contributed by atoms with Crippen molar-refractivity contribution < 1.29 is 9.32 Å². The molecule has 124 valence electrons. The standard InChI is InChI=1S/C15H17N7O2/c16-7-9-22-10-12(19-21-22)14(23)17-8-6-13-18-15(24-20-13)11-4-2-1-3-5-11/h1-5,10H,6-9,16H2,(H,17,23). The van der Waals surface area contributed by atoms with Crippen molar-refractivity contribution in [2.24, 2.45) is 5.73 Å². The van der Waals surface area contributed by atoms with E-state index < -0.39 is 0 Å². The summed E-state index contributed by atoms with van der Waals surface area (Å²) in [4.78, 5) is 16.3. The number of carbonyl (C=O) groups excluding carboxylic acids is 1. The van der Waals surface area contributed by atoms with Gasteiger partial charge in [-0.05, 0) is 12.1 Å². The molecule has 2 aromatic heterocycles. The minimum Gasteiger partial charge on any atom is -0.350 e. The Balaban J connectivity index is 1.51. The van der Waals surface area contributed by atoms with Crippen molar-refractivity contribution >= 4 is 5.91 Å². The van der Waals surface area contributed by atoms with Gasteiger partial charge in [-0.25, -0.2) is 0 Å². The number of carbonyl (C=O) groups is 1. The van der Waals surface area contributed by atoms with Crippen LogP contribution >= 0.6 is 0 Å². The molecule has 0 unspecified atom stereocenters. The first kappa shape index (κ1) is 15.8. The molecular formula is C15H17N7O2. The second-order valence-electron chi connectivity index (χ2n) is 5.04. The molecule has 9 nitrogen and oxygen atoms in total. The van der Waals surface area contributed by atoms with Crippen LogP contribution in [0.2, 0.25) is 0 Å². The Labute approximate surface area is 137 Å². The van der Waals surface area contributed by atoms with E-state index in [2.05, 4.69) is 25.8 Å². The third-order valence-electron chi connectivity index (χ3n) is 3.25. The number of nitrogens with two attached hydrogens (primary N) is 1. The monoisotopic (exact) mass is 327 g/mol.